The van der Waals surface area contributed by atoms with Crippen molar-refractivity contribution in [3.05, 3.63) is 101 Å². The molecule has 0 saturated carbocycles. The summed E-state index contributed by atoms with van der Waals surface area (Å²) in [6.07, 6.45) is 0. The normalized spacial score (nSPS) is 10.8. The smallest absolute Gasteiger partial charge is 0.260 e. The topological polar surface area (TPSA) is 104 Å². The quantitative estimate of drug-likeness (QED) is 0.233. The molecule has 0 aliphatic carbocycles. The maximum atomic E-state index is 13.7. The Balaban J connectivity index is 1.74. The van der Waals surface area contributed by atoms with Crippen LogP contribution < -0.4 is 16.4 Å². The van der Waals surface area contributed by atoms with E-state index in [9.17, 15) is 10.1 Å². The fraction of sp³-hybridized carbons (Fsp3) is 0.100. The van der Waals surface area contributed by atoms with E-state index in [2.05, 4.69) is 21.7 Å². The number of nitriles is 1. The molecule has 3 aromatic carbocycles. The molecule has 0 aliphatic heterocycles. The van der Waals surface area contributed by atoms with Gasteiger partial charge in [-0.25, -0.2) is 4.98 Å². The Morgan fingerprint density at radius 2 is 1.59 bits per heavy atom. The molecule has 5 aromatic rings. The van der Waals surface area contributed by atoms with Crippen LogP contribution in [0.2, 0.25) is 0 Å². The molecule has 1 amide bonds. The summed E-state index contributed by atoms with van der Waals surface area (Å²) in [7, 11) is 0. The third kappa shape index (κ3) is 4.75. The predicted octanol–water partition coefficient (Wildman–Crippen LogP) is 7.34. The van der Waals surface area contributed by atoms with Crippen LogP contribution in [0.3, 0.4) is 0 Å². The molecule has 0 spiro atoms. The second-order valence-corrected chi connectivity index (χ2v) is 10.0. The largest absolute Gasteiger partial charge is 0.383 e. The molecule has 0 radical (unpaired) electrons. The Kier molecular flexibility index (Phi) is 6.34. The molecule has 0 saturated heterocycles. The average molecular weight is 504 g/mol. The summed E-state index contributed by atoms with van der Waals surface area (Å²) in [4.78, 5) is 18.3. The van der Waals surface area contributed by atoms with Crippen LogP contribution in [0, 0.1) is 32.1 Å². The number of pyridine rings is 1. The number of hydrogen-bond donors (Lipinski definition) is 3. The van der Waals surface area contributed by atoms with Gasteiger partial charge in [-0.2, -0.15) is 5.26 Å². The van der Waals surface area contributed by atoms with E-state index in [1.54, 1.807) is 0 Å². The molecule has 0 bridgehead atoms. The number of hydrogen-bond acceptors (Lipinski definition) is 6. The molecule has 4 N–H and O–H groups in total. The highest BCUT2D eigenvalue weighted by Crippen LogP contribution is 2.44. The van der Waals surface area contributed by atoms with E-state index in [-0.39, 0.29) is 11.7 Å². The maximum Gasteiger partial charge on any atom is 0.260 e. The number of amides is 1. The van der Waals surface area contributed by atoms with Crippen LogP contribution in [-0.2, 0) is 0 Å². The van der Waals surface area contributed by atoms with Gasteiger partial charge in [-0.15, -0.1) is 11.3 Å². The number of thiophene rings is 1. The lowest BCUT2D eigenvalue weighted by molar-refractivity contribution is 0.102. The zero-order chi connectivity index (χ0) is 26.1. The van der Waals surface area contributed by atoms with Crippen molar-refractivity contribution >= 4 is 49.7 Å². The second kappa shape index (κ2) is 9.76. The van der Waals surface area contributed by atoms with Crippen LogP contribution in [0.25, 0.3) is 21.3 Å². The van der Waals surface area contributed by atoms with Crippen LogP contribution >= 0.6 is 11.3 Å². The van der Waals surface area contributed by atoms with Gasteiger partial charge in [0.25, 0.3) is 5.91 Å². The maximum absolute atomic E-state index is 13.7. The van der Waals surface area contributed by atoms with E-state index in [0.717, 1.165) is 32.6 Å². The van der Waals surface area contributed by atoms with Crippen molar-refractivity contribution in [2.24, 2.45) is 0 Å². The summed E-state index contributed by atoms with van der Waals surface area (Å²) in [6, 6.07) is 25.7. The predicted molar refractivity (Wildman–Crippen MR) is 153 cm³/mol. The molecule has 0 unspecified atom stereocenters. The third-order valence-corrected chi connectivity index (χ3v) is 7.22. The lowest BCUT2D eigenvalue weighted by atomic mass is 9.99. The molecule has 0 fully saturated rings. The number of fused-ring (bicyclic) bond motifs is 1. The number of aryl methyl sites for hydroxylation is 3. The van der Waals surface area contributed by atoms with Gasteiger partial charge >= 0.3 is 0 Å². The van der Waals surface area contributed by atoms with Crippen molar-refractivity contribution in [1.82, 2.24) is 4.98 Å². The number of nitrogens with one attached hydrogen (secondary N) is 2. The molecule has 182 valence electrons. The van der Waals surface area contributed by atoms with Crippen molar-refractivity contribution in [1.29, 1.82) is 5.26 Å². The van der Waals surface area contributed by atoms with E-state index >= 15 is 0 Å². The number of anilines is 4. The van der Waals surface area contributed by atoms with E-state index in [1.165, 1.54) is 11.3 Å². The summed E-state index contributed by atoms with van der Waals surface area (Å²) < 4.78 is 0.721. The highest BCUT2D eigenvalue weighted by atomic mass is 32.1. The van der Waals surface area contributed by atoms with Gasteiger partial charge in [0.1, 0.15) is 28.0 Å². The van der Waals surface area contributed by atoms with Crippen LogP contribution in [0.4, 0.5) is 22.2 Å². The van der Waals surface area contributed by atoms with Crippen molar-refractivity contribution in [3.63, 3.8) is 0 Å². The van der Waals surface area contributed by atoms with Crippen LogP contribution in [0.15, 0.2) is 72.8 Å². The van der Waals surface area contributed by atoms with Gasteiger partial charge in [0, 0.05) is 16.9 Å². The summed E-state index contributed by atoms with van der Waals surface area (Å²) in [5, 5.41) is 17.0. The monoisotopic (exact) mass is 503 g/mol. The molecule has 37 heavy (non-hydrogen) atoms. The lowest BCUT2D eigenvalue weighted by Gasteiger charge is -2.11. The number of carbonyl (C=O) groups is 1. The zero-order valence-electron chi connectivity index (χ0n) is 20.7. The minimum atomic E-state index is -0.307. The number of carbonyl (C=O) groups excluding carboxylic acids is 1. The van der Waals surface area contributed by atoms with Crippen molar-refractivity contribution in [3.8, 4) is 17.2 Å². The Morgan fingerprint density at radius 1 is 0.919 bits per heavy atom. The molecule has 0 aliphatic rings. The molecular formula is C30H25N5OS. The van der Waals surface area contributed by atoms with E-state index < -0.39 is 0 Å². The molecular weight excluding hydrogens is 478 g/mol. The highest BCUT2D eigenvalue weighted by molar-refractivity contribution is 7.24. The first-order chi connectivity index (χ1) is 17.8. The molecule has 2 heterocycles. The van der Waals surface area contributed by atoms with Gasteiger partial charge < -0.3 is 16.4 Å². The minimum absolute atomic E-state index is 0.0925. The molecule has 5 rings (SSSR count). The number of rotatable bonds is 5. The van der Waals surface area contributed by atoms with Gasteiger partial charge in [-0.05, 0) is 56.2 Å². The van der Waals surface area contributed by atoms with Crippen molar-refractivity contribution in [2.75, 3.05) is 16.4 Å². The van der Waals surface area contributed by atoms with Crippen molar-refractivity contribution in [2.45, 2.75) is 20.8 Å². The molecule has 0 atom stereocenters. The number of aromatic nitrogens is 1. The Morgan fingerprint density at radius 3 is 2.24 bits per heavy atom. The first-order valence-corrected chi connectivity index (χ1v) is 12.6. The minimum Gasteiger partial charge on any atom is -0.383 e. The van der Waals surface area contributed by atoms with Gasteiger partial charge in [-0.3, -0.25) is 4.79 Å². The van der Waals surface area contributed by atoms with E-state index in [1.807, 2.05) is 93.6 Å². The summed E-state index contributed by atoms with van der Waals surface area (Å²) >= 11 is 1.39. The molecule has 6 nitrogen and oxygen atoms in total. The third-order valence-electron chi connectivity index (χ3n) is 6.11. The average Bonchev–Trinajstić information content (AvgIpc) is 3.22. The fourth-order valence-corrected chi connectivity index (χ4v) is 5.44. The summed E-state index contributed by atoms with van der Waals surface area (Å²) in [5.74, 6) is -0.215. The van der Waals surface area contributed by atoms with Gasteiger partial charge in [0.2, 0.25) is 0 Å². The van der Waals surface area contributed by atoms with Crippen LogP contribution in [0.1, 0.15) is 32.6 Å². The van der Waals surface area contributed by atoms with Crippen LogP contribution in [0.5, 0.6) is 0 Å². The second-order valence-electron chi connectivity index (χ2n) is 9.02. The Hall–Kier alpha value is -4.67. The van der Waals surface area contributed by atoms with Gasteiger partial charge in [-0.1, -0.05) is 59.7 Å². The first kappa shape index (κ1) is 24.0. The first-order valence-electron chi connectivity index (χ1n) is 11.8. The molecule has 2 aromatic heterocycles. The fourth-order valence-electron chi connectivity index (χ4n) is 4.21. The standard InChI is InChI=1S/C30H25N5OS/c1-17-7-11-20(12-8-17)24-23(16-31)28(32)35-26-25(29(36)33-22-6-4-5-19(3)15-22)30(37-27(24)26)34-21-13-9-18(2)10-14-21/h4-15,34H,1-3H3,(H2,32,35)(H,33,36). The number of nitrogens with zero attached hydrogens (tertiary/aromatic N) is 2. The van der Waals surface area contributed by atoms with Gasteiger partial charge in [0.15, 0.2) is 0 Å². The number of nitrogen functional groups attached to an aromatic ring is 1. The highest BCUT2D eigenvalue weighted by Gasteiger charge is 2.26. The number of benzene rings is 3. The lowest BCUT2D eigenvalue weighted by Crippen LogP contribution is -2.13. The van der Waals surface area contributed by atoms with Gasteiger partial charge in [0.05, 0.1) is 10.2 Å². The molecule has 7 heteroatoms. The SMILES string of the molecule is Cc1ccc(Nc2sc3c(-c4ccc(C)cc4)c(C#N)c(N)nc3c2C(=O)Nc2cccc(C)c2)cc1. The summed E-state index contributed by atoms with van der Waals surface area (Å²) in [5.41, 5.74) is 13.8. The van der Waals surface area contributed by atoms with E-state index in [4.69, 9.17) is 5.73 Å². The summed E-state index contributed by atoms with van der Waals surface area (Å²) in [6.45, 7) is 6.00. The van der Waals surface area contributed by atoms with Crippen molar-refractivity contribution < 1.29 is 4.79 Å². The number of nitrogens with two attached hydrogens (primary N) is 1. The zero-order valence-corrected chi connectivity index (χ0v) is 21.5. The van der Waals surface area contributed by atoms with E-state index in [0.29, 0.717) is 32.9 Å². The Labute approximate surface area is 219 Å². The Bertz CT molecular complexity index is 1680. The van der Waals surface area contributed by atoms with Crippen LogP contribution in [-0.4, -0.2) is 10.9 Å².